The monoisotopic (exact) mass is 448 g/mol. The summed E-state index contributed by atoms with van der Waals surface area (Å²) in [5.74, 6) is 1.13. The highest BCUT2D eigenvalue weighted by atomic mass is 127. The molecule has 2 unspecified atom stereocenters. The van der Waals surface area contributed by atoms with Crippen LogP contribution in [0.25, 0.3) is 0 Å². The van der Waals surface area contributed by atoms with Gasteiger partial charge in [0.05, 0.1) is 6.54 Å². The molecule has 0 amide bonds. The van der Waals surface area contributed by atoms with Crippen molar-refractivity contribution < 1.29 is 4.39 Å². The molecule has 1 fully saturated rings. The lowest BCUT2D eigenvalue weighted by atomic mass is 10.1. The van der Waals surface area contributed by atoms with E-state index in [1.54, 1.807) is 12.1 Å². The van der Waals surface area contributed by atoms with Crippen LogP contribution in [0, 0.1) is 11.7 Å². The third-order valence-electron chi connectivity index (χ3n) is 4.40. The molecule has 24 heavy (non-hydrogen) atoms. The van der Waals surface area contributed by atoms with E-state index in [0.29, 0.717) is 30.1 Å². The second kappa shape index (κ2) is 10.2. The summed E-state index contributed by atoms with van der Waals surface area (Å²) in [6.07, 6.45) is 0. The Morgan fingerprint density at radius 2 is 2.04 bits per heavy atom. The smallest absolute Gasteiger partial charge is 0.191 e. The molecule has 0 bridgehead atoms. The van der Waals surface area contributed by atoms with E-state index in [9.17, 15) is 4.39 Å². The van der Waals surface area contributed by atoms with Gasteiger partial charge in [-0.2, -0.15) is 0 Å². The topological polar surface area (TPSA) is 39.7 Å². The lowest BCUT2D eigenvalue weighted by Crippen LogP contribution is -2.46. The Morgan fingerprint density at radius 1 is 1.33 bits per heavy atom. The summed E-state index contributed by atoms with van der Waals surface area (Å²) in [7, 11) is 0. The largest absolute Gasteiger partial charge is 0.357 e. The minimum absolute atomic E-state index is 0. The third-order valence-corrected chi connectivity index (χ3v) is 4.40. The number of nitrogens with one attached hydrogen (secondary N) is 2. The molecule has 0 aliphatic carbocycles. The highest BCUT2D eigenvalue weighted by Crippen LogP contribution is 2.18. The Bertz CT molecular complexity index is 536. The average molecular weight is 448 g/mol. The number of guanidine groups is 1. The number of halogens is 2. The summed E-state index contributed by atoms with van der Waals surface area (Å²) in [6, 6.07) is 7.73. The SMILES string of the molecule is CCNC(=NCc1ccccc1F)NC1CN(C(C)C)CC1C.I. The van der Waals surface area contributed by atoms with Crippen LogP contribution in [0.1, 0.15) is 33.3 Å². The van der Waals surface area contributed by atoms with Gasteiger partial charge in [0.2, 0.25) is 0 Å². The van der Waals surface area contributed by atoms with Crippen LogP contribution in [-0.4, -0.2) is 42.6 Å². The first kappa shape index (κ1) is 21.2. The molecule has 1 aromatic carbocycles. The minimum atomic E-state index is -0.202. The second-order valence-electron chi connectivity index (χ2n) is 6.56. The van der Waals surface area contributed by atoms with E-state index < -0.39 is 0 Å². The van der Waals surface area contributed by atoms with E-state index in [4.69, 9.17) is 0 Å². The maximum Gasteiger partial charge on any atom is 0.191 e. The summed E-state index contributed by atoms with van der Waals surface area (Å²) >= 11 is 0. The molecule has 0 aromatic heterocycles. The first-order valence-electron chi connectivity index (χ1n) is 8.53. The van der Waals surface area contributed by atoms with Gasteiger partial charge in [-0.05, 0) is 32.8 Å². The van der Waals surface area contributed by atoms with Crippen molar-refractivity contribution in [3.8, 4) is 0 Å². The first-order chi connectivity index (χ1) is 11.0. The van der Waals surface area contributed by atoms with Crippen molar-refractivity contribution >= 4 is 29.9 Å². The van der Waals surface area contributed by atoms with E-state index in [0.717, 1.165) is 25.6 Å². The fourth-order valence-corrected chi connectivity index (χ4v) is 2.90. The van der Waals surface area contributed by atoms with Crippen molar-refractivity contribution in [3.63, 3.8) is 0 Å². The van der Waals surface area contributed by atoms with Gasteiger partial charge in [-0.1, -0.05) is 25.1 Å². The quantitative estimate of drug-likeness (QED) is 0.413. The Kier molecular flexibility index (Phi) is 8.97. The summed E-state index contributed by atoms with van der Waals surface area (Å²) in [6.45, 7) is 12.0. The summed E-state index contributed by atoms with van der Waals surface area (Å²) in [5.41, 5.74) is 0.619. The van der Waals surface area contributed by atoms with Gasteiger partial charge in [0.25, 0.3) is 0 Å². The van der Waals surface area contributed by atoms with Crippen LogP contribution in [0.3, 0.4) is 0 Å². The van der Waals surface area contributed by atoms with Gasteiger partial charge in [0, 0.05) is 37.3 Å². The number of hydrogen-bond donors (Lipinski definition) is 2. The van der Waals surface area contributed by atoms with Gasteiger partial charge >= 0.3 is 0 Å². The van der Waals surface area contributed by atoms with E-state index in [-0.39, 0.29) is 29.8 Å². The number of rotatable bonds is 5. The molecule has 1 aliphatic heterocycles. The van der Waals surface area contributed by atoms with Crippen molar-refractivity contribution in [1.82, 2.24) is 15.5 Å². The van der Waals surface area contributed by atoms with Crippen molar-refractivity contribution in [2.75, 3.05) is 19.6 Å². The van der Waals surface area contributed by atoms with Crippen LogP contribution < -0.4 is 10.6 Å². The fraction of sp³-hybridized carbons (Fsp3) is 0.611. The van der Waals surface area contributed by atoms with Crippen LogP contribution in [-0.2, 0) is 6.54 Å². The molecule has 1 saturated heterocycles. The maximum absolute atomic E-state index is 13.7. The molecule has 0 radical (unpaired) electrons. The van der Waals surface area contributed by atoms with E-state index in [2.05, 4.69) is 41.3 Å². The van der Waals surface area contributed by atoms with Gasteiger partial charge < -0.3 is 10.6 Å². The maximum atomic E-state index is 13.7. The van der Waals surface area contributed by atoms with Gasteiger partial charge in [0.1, 0.15) is 5.82 Å². The molecule has 2 atom stereocenters. The molecule has 0 spiro atoms. The zero-order chi connectivity index (χ0) is 16.8. The molecular weight excluding hydrogens is 418 g/mol. The average Bonchev–Trinajstić information content (AvgIpc) is 2.88. The molecule has 0 saturated carbocycles. The summed E-state index contributed by atoms with van der Waals surface area (Å²) in [4.78, 5) is 7.02. The molecule has 2 N–H and O–H groups in total. The van der Waals surface area contributed by atoms with Crippen molar-refractivity contribution in [1.29, 1.82) is 0 Å². The first-order valence-corrected chi connectivity index (χ1v) is 8.53. The molecule has 1 aromatic rings. The fourth-order valence-electron chi connectivity index (χ4n) is 2.90. The molecule has 6 heteroatoms. The standard InChI is InChI=1S/C18H29FN4.HI/c1-5-20-18(21-10-15-8-6-7-9-16(15)19)22-17-12-23(13(2)3)11-14(17)4;/h6-9,13-14,17H,5,10-12H2,1-4H3,(H2,20,21,22);1H. The molecule has 1 aliphatic rings. The predicted octanol–water partition coefficient (Wildman–Crippen LogP) is 3.23. The van der Waals surface area contributed by atoms with E-state index in [1.165, 1.54) is 6.07 Å². The Morgan fingerprint density at radius 3 is 2.62 bits per heavy atom. The Labute approximate surface area is 162 Å². The van der Waals surface area contributed by atoms with Crippen molar-refractivity contribution in [2.24, 2.45) is 10.9 Å². The lowest BCUT2D eigenvalue weighted by molar-refractivity contribution is 0.265. The van der Waals surface area contributed by atoms with E-state index in [1.807, 2.05) is 13.0 Å². The number of benzene rings is 1. The number of likely N-dealkylation sites (tertiary alicyclic amines) is 1. The van der Waals surface area contributed by atoms with Crippen LogP contribution in [0.5, 0.6) is 0 Å². The second-order valence-corrected chi connectivity index (χ2v) is 6.56. The number of nitrogens with zero attached hydrogens (tertiary/aromatic N) is 2. The number of aliphatic imine (C=N–C) groups is 1. The summed E-state index contributed by atoms with van der Waals surface area (Å²) in [5, 5.41) is 6.78. The zero-order valence-electron chi connectivity index (χ0n) is 15.1. The molecular formula is C18H30FIN4. The molecule has 136 valence electrons. The summed E-state index contributed by atoms with van der Waals surface area (Å²) < 4.78 is 13.7. The molecule has 1 heterocycles. The van der Waals surface area contributed by atoms with Crippen LogP contribution in [0.2, 0.25) is 0 Å². The Balaban J connectivity index is 0.00000288. The van der Waals surface area contributed by atoms with Gasteiger partial charge in [-0.3, -0.25) is 4.90 Å². The molecule has 4 nitrogen and oxygen atoms in total. The van der Waals surface area contributed by atoms with Crippen molar-refractivity contribution in [2.45, 2.75) is 46.3 Å². The highest BCUT2D eigenvalue weighted by Gasteiger charge is 2.31. The Hall–Kier alpha value is -0.890. The van der Waals surface area contributed by atoms with Crippen LogP contribution in [0.15, 0.2) is 29.3 Å². The van der Waals surface area contributed by atoms with Gasteiger partial charge in [-0.15, -0.1) is 24.0 Å². The molecule has 2 rings (SSSR count). The van der Waals surface area contributed by atoms with Crippen LogP contribution in [0.4, 0.5) is 4.39 Å². The van der Waals surface area contributed by atoms with Crippen molar-refractivity contribution in [3.05, 3.63) is 35.6 Å². The normalized spacial score (nSPS) is 21.7. The minimum Gasteiger partial charge on any atom is -0.357 e. The third kappa shape index (κ3) is 5.88. The predicted molar refractivity (Wildman–Crippen MR) is 109 cm³/mol. The van der Waals surface area contributed by atoms with E-state index >= 15 is 0 Å². The number of hydrogen-bond acceptors (Lipinski definition) is 2. The van der Waals surface area contributed by atoms with Crippen LogP contribution >= 0.6 is 24.0 Å². The van der Waals surface area contributed by atoms with Gasteiger partial charge in [-0.25, -0.2) is 9.38 Å². The van der Waals surface area contributed by atoms with Gasteiger partial charge in [0.15, 0.2) is 5.96 Å². The zero-order valence-corrected chi connectivity index (χ0v) is 17.4. The lowest BCUT2D eigenvalue weighted by Gasteiger charge is -2.22. The highest BCUT2D eigenvalue weighted by molar-refractivity contribution is 14.0.